The van der Waals surface area contributed by atoms with E-state index in [1.807, 2.05) is 0 Å². The minimum atomic E-state index is -1.63. The molecule has 0 unspecified atom stereocenters. The van der Waals surface area contributed by atoms with Gasteiger partial charge in [-0.15, -0.1) is 0 Å². The molecule has 1 fully saturated rings. The number of hydrogen-bond donors (Lipinski definition) is 0. The van der Waals surface area contributed by atoms with Gasteiger partial charge < -0.3 is 0 Å². The van der Waals surface area contributed by atoms with Crippen LogP contribution >= 0.6 is 0 Å². The van der Waals surface area contributed by atoms with Crippen molar-refractivity contribution in [1.82, 2.24) is 0 Å². The second-order valence-electron chi connectivity index (χ2n) is 4.68. The van der Waals surface area contributed by atoms with Gasteiger partial charge in [-0.25, -0.2) is 0 Å². The van der Waals surface area contributed by atoms with Gasteiger partial charge in [-0.2, -0.15) is 0 Å². The van der Waals surface area contributed by atoms with Crippen molar-refractivity contribution in [3.05, 3.63) is 0 Å². The van der Waals surface area contributed by atoms with E-state index < -0.39 is 18.4 Å². The Morgan fingerprint density at radius 1 is 1.18 bits per heavy atom. The van der Waals surface area contributed by atoms with Crippen LogP contribution in [-0.4, -0.2) is 24.2 Å². The third-order valence-corrected chi connectivity index (χ3v) is 11.4. The first-order chi connectivity index (χ1) is 5.00. The van der Waals surface area contributed by atoms with Crippen LogP contribution in [0, 0.1) is 0 Å². The molecule has 1 saturated carbocycles. The van der Waals surface area contributed by atoms with Crippen LogP contribution in [0.2, 0.25) is 18.8 Å². The first-order valence-electron chi connectivity index (χ1n) is 4.52. The molecule has 11 heavy (non-hydrogen) atoms. The molecule has 1 nitrogen and oxygen atoms in total. The van der Waals surface area contributed by atoms with Crippen molar-refractivity contribution >= 4 is 24.2 Å². The Morgan fingerprint density at radius 3 is 2.00 bits per heavy atom. The predicted molar refractivity (Wildman–Crippen MR) is 50.6 cm³/mol. The van der Waals surface area contributed by atoms with Gasteiger partial charge in [-0.3, -0.25) is 0 Å². The van der Waals surface area contributed by atoms with E-state index in [4.69, 9.17) is 0 Å². The predicted octanol–water partition coefficient (Wildman–Crippen LogP) is 2.84. The molecule has 1 aliphatic carbocycles. The normalized spacial score (nSPS) is 22.3. The van der Waals surface area contributed by atoms with E-state index in [1.54, 1.807) is 0 Å². The second kappa shape index (κ2) is 3.46. The molecule has 0 bridgehead atoms. The number of hydrogen-bond acceptors (Lipinski definition) is 1. The van der Waals surface area contributed by atoms with Gasteiger partial charge in [0.15, 0.2) is 0 Å². The summed E-state index contributed by atoms with van der Waals surface area (Å²) in [5.41, 5.74) is 0. The summed E-state index contributed by atoms with van der Waals surface area (Å²) in [6.45, 7) is 0. The minimum absolute atomic E-state index is 0.497. The Morgan fingerprint density at radius 2 is 1.64 bits per heavy atom. The summed E-state index contributed by atoms with van der Waals surface area (Å²) in [4.78, 5) is 18.4. The molecule has 0 saturated heterocycles. The zero-order valence-electron chi connectivity index (χ0n) is 7.81. The van der Waals surface area contributed by atoms with Gasteiger partial charge in [0, 0.05) is 0 Å². The number of carbonyl (C=O) groups is 1. The molecule has 1 rings (SSSR count). The zero-order valence-corrected chi connectivity index (χ0v) is 10.7. The van der Waals surface area contributed by atoms with Crippen molar-refractivity contribution in [3.8, 4) is 0 Å². The molecule has 0 heterocycles. The van der Waals surface area contributed by atoms with Crippen molar-refractivity contribution in [3.63, 3.8) is 0 Å². The monoisotopic (exact) mass is 262 g/mol. The van der Waals surface area contributed by atoms with E-state index in [2.05, 4.69) is 14.8 Å². The second-order valence-corrected chi connectivity index (χ2v) is 20.5. The Hall–Kier alpha value is 0.469. The Balaban J connectivity index is 2.45. The summed E-state index contributed by atoms with van der Waals surface area (Å²) < 4.78 is 0.974. The van der Waals surface area contributed by atoms with Crippen LogP contribution in [0.1, 0.15) is 25.7 Å². The van der Waals surface area contributed by atoms with Crippen molar-refractivity contribution < 1.29 is 4.79 Å². The van der Waals surface area contributed by atoms with Gasteiger partial charge in [-0.05, 0) is 0 Å². The first-order valence-corrected chi connectivity index (χ1v) is 14.7. The molecule has 2 heteroatoms. The van der Waals surface area contributed by atoms with Crippen LogP contribution in [0.25, 0.3) is 0 Å². The van der Waals surface area contributed by atoms with Crippen LogP contribution in [0.3, 0.4) is 0 Å². The SMILES string of the molecule is [CH3][Sn]([CH3])([CH3])[CH]1CCC(=O)CC1. The van der Waals surface area contributed by atoms with Crippen molar-refractivity contribution in [1.29, 1.82) is 0 Å². The average Bonchev–Trinajstić information content (AvgIpc) is 1.86. The molecular formula is C9H18OSn. The average molecular weight is 261 g/mol. The van der Waals surface area contributed by atoms with Crippen molar-refractivity contribution in [2.45, 2.75) is 44.4 Å². The summed E-state index contributed by atoms with van der Waals surface area (Å²) in [5.74, 6) is 0.497. The Kier molecular flexibility index (Phi) is 3.01. The number of Topliss-reactive ketones (excluding diaryl/α,β-unsaturated/α-hetero) is 1. The van der Waals surface area contributed by atoms with E-state index in [1.165, 1.54) is 12.8 Å². The van der Waals surface area contributed by atoms with E-state index in [0.717, 1.165) is 16.8 Å². The van der Waals surface area contributed by atoms with Crippen LogP contribution in [0.4, 0.5) is 0 Å². The van der Waals surface area contributed by atoms with Crippen molar-refractivity contribution in [2.24, 2.45) is 0 Å². The summed E-state index contributed by atoms with van der Waals surface area (Å²) in [7, 11) is 0. The molecule has 0 spiro atoms. The van der Waals surface area contributed by atoms with Gasteiger partial charge in [0.2, 0.25) is 0 Å². The molecule has 0 aromatic rings. The summed E-state index contributed by atoms with van der Waals surface area (Å²) in [6.07, 6.45) is 4.16. The molecule has 0 aliphatic heterocycles. The molecule has 0 amide bonds. The van der Waals surface area contributed by atoms with E-state index in [-0.39, 0.29) is 0 Å². The summed E-state index contributed by atoms with van der Waals surface area (Å²) in [5, 5.41) is 0. The molecule has 0 aromatic heterocycles. The van der Waals surface area contributed by atoms with Gasteiger partial charge in [0.1, 0.15) is 0 Å². The van der Waals surface area contributed by atoms with E-state index >= 15 is 0 Å². The van der Waals surface area contributed by atoms with Crippen LogP contribution in [0.5, 0.6) is 0 Å². The van der Waals surface area contributed by atoms with Gasteiger partial charge in [-0.1, -0.05) is 0 Å². The van der Waals surface area contributed by atoms with Gasteiger partial charge in [0.05, 0.1) is 0 Å². The molecule has 0 radical (unpaired) electrons. The zero-order chi connectivity index (χ0) is 8.48. The van der Waals surface area contributed by atoms with Crippen LogP contribution in [0.15, 0.2) is 0 Å². The molecule has 0 aromatic carbocycles. The maximum atomic E-state index is 11.0. The Labute approximate surface area is 73.4 Å². The van der Waals surface area contributed by atoms with E-state index in [9.17, 15) is 4.79 Å². The van der Waals surface area contributed by atoms with E-state index in [0.29, 0.717) is 5.78 Å². The Bertz CT molecular complexity index is 147. The summed E-state index contributed by atoms with van der Waals surface area (Å²) >= 11 is -1.63. The quantitative estimate of drug-likeness (QED) is 0.663. The maximum absolute atomic E-state index is 11.0. The third kappa shape index (κ3) is 2.77. The molecule has 0 N–H and O–H groups in total. The molecule has 64 valence electrons. The first kappa shape index (κ1) is 9.56. The van der Waals surface area contributed by atoms with Gasteiger partial charge >= 0.3 is 73.4 Å². The van der Waals surface area contributed by atoms with Crippen LogP contribution in [-0.2, 0) is 4.79 Å². The van der Waals surface area contributed by atoms with Crippen molar-refractivity contribution in [2.75, 3.05) is 0 Å². The third-order valence-electron chi connectivity index (χ3n) is 2.77. The van der Waals surface area contributed by atoms with Gasteiger partial charge in [0.25, 0.3) is 0 Å². The molecule has 0 atom stereocenters. The fourth-order valence-corrected chi connectivity index (χ4v) is 7.57. The molecule has 1 aliphatic rings. The fourth-order valence-electron chi connectivity index (χ4n) is 1.81. The summed E-state index contributed by atoms with van der Waals surface area (Å²) in [6, 6.07) is 0. The van der Waals surface area contributed by atoms with Crippen LogP contribution < -0.4 is 0 Å². The topological polar surface area (TPSA) is 17.1 Å². The standard InChI is InChI=1S/C6H9O.3CH3.Sn/c7-6-4-2-1-3-5-6;;;;/h1H,2-5H2;3*1H3;. The molecular weight excluding hydrogens is 243 g/mol. The fraction of sp³-hybridized carbons (Fsp3) is 0.889. The number of ketones is 1. The number of rotatable bonds is 1. The number of carbonyl (C=O) groups excluding carboxylic acids is 1.